The van der Waals surface area contributed by atoms with Crippen molar-refractivity contribution in [3.8, 4) is 0 Å². The lowest BCUT2D eigenvalue weighted by Gasteiger charge is -2.01. The molecule has 2 aromatic heterocycles. The van der Waals surface area contributed by atoms with Crippen LogP contribution in [0.15, 0.2) is 83.3 Å². The Labute approximate surface area is 161 Å². The summed E-state index contributed by atoms with van der Waals surface area (Å²) in [7, 11) is 0. The molecule has 0 radical (unpaired) electrons. The summed E-state index contributed by atoms with van der Waals surface area (Å²) >= 11 is 0. The van der Waals surface area contributed by atoms with Crippen LogP contribution in [-0.2, 0) is 0 Å². The highest BCUT2D eigenvalue weighted by molar-refractivity contribution is 5.97. The lowest BCUT2D eigenvalue weighted by Crippen LogP contribution is -2.19. The summed E-state index contributed by atoms with van der Waals surface area (Å²) in [6, 6.07) is 17.3. The van der Waals surface area contributed by atoms with Crippen LogP contribution < -0.4 is 10.9 Å². The highest BCUT2D eigenvalue weighted by Crippen LogP contribution is 2.03. The summed E-state index contributed by atoms with van der Waals surface area (Å²) in [5.74, 6) is -0.823. The Bertz CT molecular complexity index is 921. The average molecular weight is 372 g/mol. The van der Waals surface area contributed by atoms with Crippen molar-refractivity contribution < 1.29 is 9.59 Å². The molecule has 3 rings (SSSR count). The maximum Gasteiger partial charge on any atom is 0.289 e. The number of hydrogen-bond acceptors (Lipinski definition) is 6. The Balaban J connectivity index is 1.62. The van der Waals surface area contributed by atoms with E-state index in [4.69, 9.17) is 0 Å². The van der Waals surface area contributed by atoms with E-state index in [9.17, 15) is 9.59 Å². The van der Waals surface area contributed by atoms with Crippen molar-refractivity contribution in [2.45, 2.75) is 0 Å². The number of nitrogens with zero attached hydrogens (tertiary/aromatic N) is 4. The van der Waals surface area contributed by atoms with Crippen LogP contribution in [0.2, 0.25) is 0 Å². The molecule has 138 valence electrons. The molecule has 0 fully saturated rings. The van der Waals surface area contributed by atoms with Crippen molar-refractivity contribution in [1.82, 2.24) is 20.8 Å². The van der Waals surface area contributed by atoms with E-state index in [1.807, 2.05) is 12.1 Å². The van der Waals surface area contributed by atoms with Gasteiger partial charge in [-0.25, -0.2) is 10.9 Å². The molecule has 0 bridgehead atoms. The Morgan fingerprint density at radius 1 is 0.679 bits per heavy atom. The fourth-order valence-electron chi connectivity index (χ4n) is 2.18. The van der Waals surface area contributed by atoms with E-state index < -0.39 is 11.8 Å². The maximum atomic E-state index is 11.9. The van der Waals surface area contributed by atoms with Crippen LogP contribution in [0.4, 0.5) is 0 Å². The molecular formula is C20H16N6O2. The van der Waals surface area contributed by atoms with Gasteiger partial charge in [-0.05, 0) is 24.3 Å². The molecule has 0 aliphatic carbocycles. The molecule has 3 aromatic rings. The van der Waals surface area contributed by atoms with E-state index in [0.717, 1.165) is 0 Å². The highest BCUT2D eigenvalue weighted by atomic mass is 16.2. The first kappa shape index (κ1) is 18.6. The molecule has 8 nitrogen and oxygen atoms in total. The zero-order chi connectivity index (χ0) is 19.6. The van der Waals surface area contributed by atoms with Crippen molar-refractivity contribution >= 4 is 24.2 Å². The predicted octanol–water partition coefficient (Wildman–Crippen LogP) is 2.00. The number of benzene rings is 1. The molecule has 0 unspecified atom stereocenters. The van der Waals surface area contributed by atoms with E-state index in [1.54, 1.807) is 48.5 Å². The summed E-state index contributed by atoms with van der Waals surface area (Å²) in [5.41, 5.74) is 6.79. The summed E-state index contributed by atoms with van der Waals surface area (Å²) in [5, 5.41) is 7.89. The van der Waals surface area contributed by atoms with E-state index >= 15 is 0 Å². The second-order valence-electron chi connectivity index (χ2n) is 5.46. The largest absolute Gasteiger partial charge is 0.289 e. The van der Waals surface area contributed by atoms with Gasteiger partial charge in [0.25, 0.3) is 11.8 Å². The monoisotopic (exact) mass is 372 g/mol. The lowest BCUT2D eigenvalue weighted by molar-refractivity contribution is 0.0942. The first-order valence-electron chi connectivity index (χ1n) is 8.32. The van der Waals surface area contributed by atoms with Crippen LogP contribution in [0.25, 0.3) is 0 Å². The van der Waals surface area contributed by atoms with Crippen LogP contribution in [-0.4, -0.2) is 34.2 Å². The molecule has 2 amide bonds. The minimum absolute atomic E-state index is 0.270. The summed E-state index contributed by atoms with van der Waals surface area (Å²) in [6.07, 6.45) is 6.04. The molecule has 8 heteroatoms. The van der Waals surface area contributed by atoms with Crippen LogP contribution in [0.5, 0.6) is 0 Å². The van der Waals surface area contributed by atoms with Crippen molar-refractivity contribution in [2.75, 3.05) is 0 Å². The number of hydrogen-bond donors (Lipinski definition) is 2. The molecule has 0 spiro atoms. The number of nitrogens with one attached hydrogen (secondary N) is 2. The second-order valence-corrected chi connectivity index (χ2v) is 5.46. The smallest absolute Gasteiger partial charge is 0.266 e. The standard InChI is InChI=1S/C20H16N6O2/c27-19(17-9-3-5-11-21-17)25-23-13-15-7-1-2-8-16(15)14-24-26-20(28)18-10-4-6-12-22-18/h1-14H,(H,25,27)(H,26,28)/b23-13+,24-14+. The molecule has 0 saturated carbocycles. The number of amides is 2. The zero-order valence-corrected chi connectivity index (χ0v) is 14.7. The number of rotatable bonds is 6. The minimum Gasteiger partial charge on any atom is -0.266 e. The van der Waals surface area contributed by atoms with Crippen molar-refractivity contribution in [3.63, 3.8) is 0 Å². The van der Waals surface area contributed by atoms with Crippen molar-refractivity contribution in [3.05, 3.63) is 95.6 Å². The predicted molar refractivity (Wildman–Crippen MR) is 105 cm³/mol. The lowest BCUT2D eigenvalue weighted by atomic mass is 10.1. The van der Waals surface area contributed by atoms with Crippen LogP contribution in [0.1, 0.15) is 32.1 Å². The molecule has 2 N–H and O–H groups in total. The van der Waals surface area contributed by atoms with Crippen LogP contribution >= 0.6 is 0 Å². The Morgan fingerprint density at radius 3 is 1.50 bits per heavy atom. The summed E-state index contributed by atoms with van der Waals surface area (Å²) in [4.78, 5) is 31.8. The van der Waals surface area contributed by atoms with Gasteiger partial charge in [0, 0.05) is 23.5 Å². The molecule has 0 aliphatic rings. The van der Waals surface area contributed by atoms with Crippen molar-refractivity contribution in [2.24, 2.45) is 10.2 Å². The minimum atomic E-state index is -0.411. The molecular weight excluding hydrogens is 356 g/mol. The normalized spacial score (nSPS) is 10.9. The molecule has 0 atom stereocenters. The number of pyridine rings is 2. The third-order valence-corrected chi connectivity index (χ3v) is 3.53. The SMILES string of the molecule is O=C(N/N=C/c1ccccc1/C=N/NC(=O)c1ccccn1)c1ccccn1. The number of aromatic nitrogens is 2. The summed E-state index contributed by atoms with van der Waals surface area (Å²) in [6.45, 7) is 0. The third kappa shape index (κ3) is 5.15. The molecule has 0 saturated heterocycles. The van der Waals surface area contributed by atoms with Gasteiger partial charge in [-0.15, -0.1) is 0 Å². The Morgan fingerprint density at radius 2 is 1.11 bits per heavy atom. The topological polar surface area (TPSA) is 109 Å². The maximum absolute atomic E-state index is 11.9. The molecule has 0 aliphatic heterocycles. The van der Waals surface area contributed by atoms with E-state index in [0.29, 0.717) is 11.1 Å². The van der Waals surface area contributed by atoms with Gasteiger partial charge in [-0.1, -0.05) is 36.4 Å². The zero-order valence-electron chi connectivity index (χ0n) is 14.7. The second kappa shape index (κ2) is 9.48. The van der Waals surface area contributed by atoms with Gasteiger partial charge in [0.05, 0.1) is 12.4 Å². The first-order chi connectivity index (χ1) is 13.7. The first-order valence-corrected chi connectivity index (χ1v) is 8.32. The van der Waals surface area contributed by atoms with Gasteiger partial charge < -0.3 is 0 Å². The van der Waals surface area contributed by atoms with Gasteiger partial charge in [0.1, 0.15) is 11.4 Å². The van der Waals surface area contributed by atoms with Gasteiger partial charge >= 0.3 is 0 Å². The third-order valence-electron chi connectivity index (χ3n) is 3.53. The Kier molecular flexibility index (Phi) is 6.30. The fraction of sp³-hybridized carbons (Fsp3) is 0. The van der Waals surface area contributed by atoms with E-state index in [-0.39, 0.29) is 11.4 Å². The van der Waals surface area contributed by atoms with Gasteiger partial charge in [-0.2, -0.15) is 10.2 Å². The van der Waals surface area contributed by atoms with Gasteiger partial charge in [-0.3, -0.25) is 19.6 Å². The van der Waals surface area contributed by atoms with E-state index in [2.05, 4.69) is 31.0 Å². The van der Waals surface area contributed by atoms with Gasteiger partial charge in [0.15, 0.2) is 0 Å². The number of carbonyl (C=O) groups excluding carboxylic acids is 2. The van der Waals surface area contributed by atoms with Gasteiger partial charge in [0.2, 0.25) is 0 Å². The molecule has 28 heavy (non-hydrogen) atoms. The van der Waals surface area contributed by atoms with Crippen LogP contribution in [0.3, 0.4) is 0 Å². The highest BCUT2D eigenvalue weighted by Gasteiger charge is 2.05. The average Bonchev–Trinajstić information content (AvgIpc) is 2.76. The fourth-order valence-corrected chi connectivity index (χ4v) is 2.18. The Hall–Kier alpha value is -4.20. The number of hydrazone groups is 2. The molecule has 1 aromatic carbocycles. The molecule has 2 heterocycles. The van der Waals surface area contributed by atoms with Crippen LogP contribution in [0, 0.1) is 0 Å². The van der Waals surface area contributed by atoms with Crippen molar-refractivity contribution in [1.29, 1.82) is 0 Å². The summed E-state index contributed by atoms with van der Waals surface area (Å²) < 4.78 is 0. The quantitative estimate of drug-likeness (QED) is 0.509. The van der Waals surface area contributed by atoms with E-state index in [1.165, 1.54) is 24.8 Å². The number of carbonyl (C=O) groups is 2.